The van der Waals surface area contributed by atoms with Gasteiger partial charge < -0.3 is 0 Å². The van der Waals surface area contributed by atoms with Crippen LogP contribution in [0.15, 0.2) is 0 Å². The summed E-state index contributed by atoms with van der Waals surface area (Å²) in [5.74, 6) is 0. The lowest BCUT2D eigenvalue weighted by Crippen LogP contribution is -2.23. The van der Waals surface area contributed by atoms with E-state index in [4.69, 9.17) is 5.10 Å². The van der Waals surface area contributed by atoms with Crippen LogP contribution < -0.4 is 0 Å². The van der Waals surface area contributed by atoms with Crippen LogP contribution >= 0.6 is 33.3 Å². The summed E-state index contributed by atoms with van der Waals surface area (Å²) in [6, 6.07) is 0. The Morgan fingerprint density at radius 2 is 1.61 bits per heavy atom. The van der Waals surface area contributed by atoms with Crippen LogP contribution in [0.25, 0.3) is 0 Å². The fourth-order valence-electron chi connectivity index (χ4n) is 2.30. The summed E-state index contributed by atoms with van der Waals surface area (Å²) in [5, 5.41) is 4.83. The van der Waals surface area contributed by atoms with Crippen molar-refractivity contribution in [2.75, 3.05) is 0 Å². The number of aromatic nitrogens is 2. The Hall–Kier alpha value is 0.930. The molecule has 0 aliphatic rings. The van der Waals surface area contributed by atoms with Crippen molar-refractivity contribution < 1.29 is 0 Å². The minimum atomic E-state index is -0.288. The van der Waals surface area contributed by atoms with Gasteiger partial charge in [0, 0.05) is 11.0 Å². The molecule has 1 aromatic heterocycles. The van der Waals surface area contributed by atoms with Gasteiger partial charge >= 0.3 is 0 Å². The number of nitrogens with zero attached hydrogens (tertiary/aromatic N) is 2. The third-order valence-electron chi connectivity index (χ3n) is 2.84. The van der Waals surface area contributed by atoms with Gasteiger partial charge in [0.25, 0.3) is 0 Å². The first-order valence-electron chi connectivity index (χ1n) is 6.12. The van der Waals surface area contributed by atoms with E-state index in [1.54, 1.807) is 0 Å². The van der Waals surface area contributed by atoms with E-state index in [0.717, 1.165) is 7.96 Å². The molecule has 0 bridgehead atoms. The van der Waals surface area contributed by atoms with Gasteiger partial charge in [0.05, 0.1) is 18.8 Å². The van der Waals surface area contributed by atoms with E-state index in [2.05, 4.69) is 70.8 Å². The average molecular weight is 322 g/mol. The van der Waals surface area contributed by atoms with Crippen LogP contribution in [0.3, 0.4) is 0 Å². The average Bonchev–Trinajstić information content (AvgIpc) is 2.53. The molecule has 0 saturated carbocycles. The summed E-state index contributed by atoms with van der Waals surface area (Å²) in [7, 11) is 6.37. The molecule has 0 fully saturated rings. The summed E-state index contributed by atoms with van der Waals surface area (Å²) in [6.45, 7) is 15.9. The summed E-state index contributed by atoms with van der Waals surface area (Å²) in [6.07, 6.45) is 0. The van der Waals surface area contributed by atoms with Gasteiger partial charge in [0.15, 0.2) is 0 Å². The molecule has 6 heteroatoms. The molecule has 0 amide bonds. The Labute approximate surface area is 119 Å². The Kier molecular flexibility index (Phi) is 5.41. The molecule has 0 N–H and O–H groups in total. The zero-order valence-corrected chi connectivity index (χ0v) is 16.7. The summed E-state index contributed by atoms with van der Waals surface area (Å²) < 4.78 is 2.28. The largest absolute Gasteiger partial charge is 0.240 e. The Morgan fingerprint density at radius 3 is 1.94 bits per heavy atom. The SMILES string of the molecule is Cc1nn(P(P)PP)c(C(C)(C)C)c1C(C)(C)C. The summed E-state index contributed by atoms with van der Waals surface area (Å²) >= 11 is 0. The van der Waals surface area contributed by atoms with Gasteiger partial charge in [-0.1, -0.05) is 50.5 Å². The van der Waals surface area contributed by atoms with Crippen molar-refractivity contribution >= 4 is 33.3 Å². The highest BCUT2D eigenvalue weighted by Crippen LogP contribution is 2.67. The molecule has 2 nitrogen and oxygen atoms in total. The molecule has 0 saturated heterocycles. The van der Waals surface area contributed by atoms with Gasteiger partial charge in [-0.3, -0.25) is 0 Å². The van der Waals surface area contributed by atoms with Crippen molar-refractivity contribution in [3.05, 3.63) is 17.0 Å². The summed E-state index contributed by atoms with van der Waals surface area (Å²) in [4.78, 5) is 0. The quantitative estimate of drug-likeness (QED) is 0.684. The second-order valence-electron chi connectivity index (χ2n) is 6.67. The lowest BCUT2D eigenvalue weighted by atomic mass is 9.78. The fraction of sp³-hybridized carbons (Fsp3) is 0.750. The van der Waals surface area contributed by atoms with Crippen LogP contribution in [0, 0.1) is 6.92 Å². The molecule has 0 aliphatic heterocycles. The van der Waals surface area contributed by atoms with Gasteiger partial charge in [-0.2, -0.15) is 5.10 Å². The minimum Gasteiger partial charge on any atom is -0.240 e. The van der Waals surface area contributed by atoms with E-state index < -0.39 is 0 Å². The predicted octanol–water partition coefficient (Wildman–Crippen LogP) is 5.21. The topological polar surface area (TPSA) is 17.8 Å². The molecule has 104 valence electrons. The van der Waals surface area contributed by atoms with E-state index in [9.17, 15) is 0 Å². The molecular formula is C12H26N2P4. The smallest absolute Gasteiger partial charge is 0.0637 e. The molecule has 18 heavy (non-hydrogen) atoms. The second-order valence-corrected chi connectivity index (χ2v) is 15.5. The van der Waals surface area contributed by atoms with Gasteiger partial charge in [-0.25, -0.2) is 4.45 Å². The molecule has 0 spiro atoms. The minimum absolute atomic E-state index is 0.130. The lowest BCUT2D eigenvalue weighted by molar-refractivity contribution is 0.514. The van der Waals surface area contributed by atoms with E-state index in [1.165, 1.54) is 17.0 Å². The summed E-state index contributed by atoms with van der Waals surface area (Å²) in [5.41, 5.74) is 4.29. The monoisotopic (exact) mass is 322 g/mol. The number of hydrogen-bond donors (Lipinski definition) is 0. The number of hydrogen-bond acceptors (Lipinski definition) is 1. The van der Waals surface area contributed by atoms with E-state index in [1.807, 2.05) is 0 Å². The van der Waals surface area contributed by atoms with Crippen molar-refractivity contribution in [2.24, 2.45) is 0 Å². The maximum absolute atomic E-state index is 4.83. The molecule has 4 atom stereocenters. The van der Waals surface area contributed by atoms with Crippen molar-refractivity contribution in [3.63, 3.8) is 0 Å². The van der Waals surface area contributed by atoms with Crippen LogP contribution in [0.1, 0.15) is 58.5 Å². The highest BCUT2D eigenvalue weighted by molar-refractivity contribution is 8.60. The zero-order chi connectivity index (χ0) is 14.3. The Bertz CT molecular complexity index is 427. The van der Waals surface area contributed by atoms with Gasteiger partial charge in [-0.15, -0.1) is 8.93 Å². The predicted molar refractivity (Wildman–Crippen MR) is 94.4 cm³/mol. The standard InChI is InChI=1S/C12H26N2P4/c1-8-9(11(2,3)4)10(12(5,6)7)14(13-8)18(16)17-15/h17H,15-16H2,1-7H3. The van der Waals surface area contributed by atoms with Crippen LogP contribution in [-0.2, 0) is 10.8 Å². The molecule has 1 heterocycles. The third-order valence-corrected chi connectivity index (χ3v) is 12.2. The van der Waals surface area contributed by atoms with Crippen LogP contribution in [0.2, 0.25) is 0 Å². The van der Waals surface area contributed by atoms with Crippen molar-refractivity contribution in [3.8, 4) is 0 Å². The van der Waals surface area contributed by atoms with Gasteiger partial charge in [0.1, 0.15) is 0 Å². The Balaban J connectivity index is 3.58. The fourth-order valence-corrected chi connectivity index (χ4v) is 5.50. The molecule has 1 rings (SSSR count). The van der Waals surface area contributed by atoms with Crippen LogP contribution in [0.5, 0.6) is 0 Å². The van der Waals surface area contributed by atoms with Crippen molar-refractivity contribution in [1.82, 2.24) is 9.55 Å². The van der Waals surface area contributed by atoms with Crippen LogP contribution in [-0.4, -0.2) is 9.55 Å². The third kappa shape index (κ3) is 3.52. The van der Waals surface area contributed by atoms with E-state index in [0.29, 0.717) is 0 Å². The first-order chi connectivity index (χ1) is 8.00. The molecule has 0 aromatic carbocycles. The molecule has 1 aromatic rings. The highest BCUT2D eigenvalue weighted by Gasteiger charge is 2.33. The van der Waals surface area contributed by atoms with Crippen molar-refractivity contribution in [2.45, 2.75) is 59.3 Å². The maximum Gasteiger partial charge on any atom is 0.0637 e. The van der Waals surface area contributed by atoms with Gasteiger partial charge in [0.2, 0.25) is 0 Å². The first-order valence-corrected chi connectivity index (χ1v) is 12.7. The maximum atomic E-state index is 4.83. The van der Waals surface area contributed by atoms with Crippen molar-refractivity contribution in [1.29, 1.82) is 0 Å². The Morgan fingerprint density at radius 1 is 1.11 bits per heavy atom. The van der Waals surface area contributed by atoms with Gasteiger partial charge in [-0.05, 0) is 20.3 Å². The number of aryl methyl sites for hydroxylation is 1. The molecule has 0 radical (unpaired) electrons. The molecule has 0 aliphatic carbocycles. The van der Waals surface area contributed by atoms with Crippen LogP contribution in [0.4, 0.5) is 0 Å². The first kappa shape index (κ1) is 17.0. The normalized spacial score (nSPS) is 15.6. The van der Waals surface area contributed by atoms with E-state index >= 15 is 0 Å². The zero-order valence-electron chi connectivity index (χ0n) is 12.5. The van der Waals surface area contributed by atoms with E-state index in [-0.39, 0.29) is 18.3 Å². The highest BCUT2D eigenvalue weighted by atomic mass is 32.6. The molecule has 4 unspecified atom stereocenters. The second kappa shape index (κ2) is 5.74. The lowest BCUT2D eigenvalue weighted by Gasteiger charge is -2.29. The number of rotatable bonds is 2. The molecular weight excluding hydrogens is 296 g/mol.